The van der Waals surface area contributed by atoms with Gasteiger partial charge in [-0.3, -0.25) is 14.3 Å². The van der Waals surface area contributed by atoms with Crippen LogP contribution in [0.3, 0.4) is 0 Å². The fourth-order valence-corrected chi connectivity index (χ4v) is 4.08. The quantitative estimate of drug-likeness (QED) is 0.587. The van der Waals surface area contributed by atoms with E-state index in [0.29, 0.717) is 36.3 Å². The number of hydrogen-bond acceptors (Lipinski definition) is 8. The highest BCUT2D eigenvalue weighted by Crippen LogP contribution is 2.34. The van der Waals surface area contributed by atoms with Gasteiger partial charge in [0, 0.05) is 18.5 Å². The molecule has 2 heterocycles. The van der Waals surface area contributed by atoms with Crippen LogP contribution in [0, 0.1) is 0 Å². The predicted molar refractivity (Wildman–Crippen MR) is 111 cm³/mol. The molecule has 0 saturated carbocycles. The lowest BCUT2D eigenvalue weighted by Gasteiger charge is -2.24. The maximum atomic E-state index is 13.4. The van der Waals surface area contributed by atoms with Gasteiger partial charge in [-0.15, -0.1) is 0 Å². The number of benzene rings is 1. The second kappa shape index (κ2) is 9.39. The highest BCUT2D eigenvalue weighted by Gasteiger charge is 2.35. The van der Waals surface area contributed by atoms with Crippen LogP contribution in [0.4, 0.5) is 0 Å². The largest absolute Gasteiger partial charge is 0.497 e. The first kappa shape index (κ1) is 23.3. The lowest BCUT2D eigenvalue weighted by atomic mass is 10.0. The van der Waals surface area contributed by atoms with Crippen LogP contribution >= 0.6 is 0 Å². The normalized spacial score (nSPS) is 16.1. The maximum Gasteiger partial charge on any atom is 0.357 e. The number of sulfonamides is 1. The van der Waals surface area contributed by atoms with Crippen LogP contribution in [0.15, 0.2) is 28.9 Å². The van der Waals surface area contributed by atoms with Crippen molar-refractivity contribution in [1.82, 2.24) is 14.6 Å². The average Bonchev–Trinajstić information content (AvgIpc) is 3.39. The Morgan fingerprint density at radius 3 is 2.72 bits per heavy atom. The van der Waals surface area contributed by atoms with Crippen LogP contribution < -0.4 is 9.46 Å². The number of methoxy groups -OCH3 is 1. The molecule has 1 aliphatic rings. The number of carboxylic acids is 1. The Morgan fingerprint density at radius 1 is 1.34 bits per heavy atom. The minimum atomic E-state index is -3.67. The molecule has 1 atom stereocenters. The molecule has 12 heteroatoms. The van der Waals surface area contributed by atoms with Gasteiger partial charge in [-0.1, -0.05) is 6.07 Å². The van der Waals surface area contributed by atoms with E-state index in [-0.39, 0.29) is 30.3 Å². The van der Waals surface area contributed by atoms with Crippen molar-refractivity contribution in [2.45, 2.75) is 31.7 Å². The number of likely N-dealkylation sites (tertiary alicyclic amines) is 1. The summed E-state index contributed by atoms with van der Waals surface area (Å²) in [5.41, 5.74) is 0.607. The molecule has 0 bridgehead atoms. The molecule has 32 heavy (non-hydrogen) atoms. The molecule has 1 aromatic heterocycles. The molecule has 0 aliphatic carbocycles. The van der Waals surface area contributed by atoms with Gasteiger partial charge >= 0.3 is 5.97 Å². The van der Waals surface area contributed by atoms with Crippen LogP contribution in [0.1, 0.15) is 57.6 Å². The molecule has 1 aliphatic heterocycles. The number of aromatic nitrogens is 1. The molecular formula is C20H23N3O8S. The second-order valence-electron chi connectivity index (χ2n) is 7.35. The van der Waals surface area contributed by atoms with Gasteiger partial charge in [0.15, 0.2) is 5.69 Å². The molecule has 1 aromatic carbocycles. The molecule has 1 fully saturated rings. The van der Waals surface area contributed by atoms with E-state index in [0.717, 1.165) is 12.5 Å². The van der Waals surface area contributed by atoms with Crippen molar-refractivity contribution < 1.29 is 37.1 Å². The maximum absolute atomic E-state index is 13.4. The number of nitrogens with zero attached hydrogens (tertiary/aromatic N) is 2. The van der Waals surface area contributed by atoms with E-state index < -0.39 is 27.9 Å². The van der Waals surface area contributed by atoms with Crippen molar-refractivity contribution in [2.24, 2.45) is 0 Å². The summed E-state index contributed by atoms with van der Waals surface area (Å²) in [5, 5.41) is 9.08. The van der Waals surface area contributed by atoms with Gasteiger partial charge in [0.25, 0.3) is 5.91 Å². The Balaban J connectivity index is 1.85. The molecule has 2 amide bonds. The van der Waals surface area contributed by atoms with Crippen LogP contribution in [0.5, 0.6) is 5.75 Å². The van der Waals surface area contributed by atoms with Gasteiger partial charge in [-0.05, 0) is 37.0 Å². The highest BCUT2D eigenvalue weighted by atomic mass is 32.2. The summed E-state index contributed by atoms with van der Waals surface area (Å²) in [6.45, 7) is 0.416. The number of hydrogen-bond donors (Lipinski definition) is 2. The Morgan fingerprint density at radius 2 is 2.09 bits per heavy atom. The predicted octanol–water partition coefficient (Wildman–Crippen LogP) is 1.37. The highest BCUT2D eigenvalue weighted by molar-refractivity contribution is 7.89. The number of carbonyl (C=O) groups is 3. The number of rotatable bonds is 8. The fourth-order valence-electron chi connectivity index (χ4n) is 3.57. The Hall–Kier alpha value is -3.41. The molecule has 2 aromatic rings. The van der Waals surface area contributed by atoms with Crippen LogP contribution in [-0.2, 0) is 21.2 Å². The van der Waals surface area contributed by atoms with E-state index in [9.17, 15) is 22.8 Å². The monoisotopic (exact) mass is 465 g/mol. The lowest BCUT2D eigenvalue weighted by molar-refractivity contribution is -0.119. The van der Waals surface area contributed by atoms with E-state index in [4.69, 9.17) is 14.3 Å². The molecule has 0 radical (unpaired) electrons. The van der Waals surface area contributed by atoms with E-state index in [1.165, 1.54) is 7.11 Å². The summed E-state index contributed by atoms with van der Waals surface area (Å²) in [5.74, 6) is -1.66. The first-order valence-electron chi connectivity index (χ1n) is 9.76. The number of aryl methyl sites for hydroxylation is 1. The first-order chi connectivity index (χ1) is 15.1. The first-order valence-corrected chi connectivity index (χ1v) is 11.7. The van der Waals surface area contributed by atoms with Crippen LogP contribution in [0.25, 0.3) is 0 Å². The molecule has 0 spiro atoms. The second-order valence-corrected chi connectivity index (χ2v) is 9.10. The zero-order valence-corrected chi connectivity index (χ0v) is 18.3. The number of aromatic carboxylic acids is 1. The van der Waals surface area contributed by atoms with Crippen molar-refractivity contribution in [1.29, 1.82) is 0 Å². The summed E-state index contributed by atoms with van der Waals surface area (Å²) in [4.78, 5) is 42.0. The number of oxazole rings is 1. The number of amides is 2. The SMILES string of the molecule is COc1ccc(CCC(=O)NS(C)(=O)=O)c(C(=O)N2CCCC2c2nc(C(=O)O)co2)c1. The molecule has 11 nitrogen and oxygen atoms in total. The summed E-state index contributed by atoms with van der Waals surface area (Å²) < 4.78 is 34.9. The van der Waals surface area contributed by atoms with Gasteiger partial charge in [-0.25, -0.2) is 18.2 Å². The molecule has 2 N–H and O–H groups in total. The number of carbonyl (C=O) groups excluding carboxylic acids is 2. The Bertz CT molecular complexity index is 1140. The van der Waals surface area contributed by atoms with Gasteiger partial charge < -0.3 is 19.2 Å². The van der Waals surface area contributed by atoms with E-state index in [2.05, 4.69) is 4.98 Å². The van der Waals surface area contributed by atoms with E-state index in [1.807, 2.05) is 4.72 Å². The van der Waals surface area contributed by atoms with Crippen molar-refractivity contribution in [3.8, 4) is 5.75 Å². The molecule has 1 saturated heterocycles. The van der Waals surface area contributed by atoms with Gasteiger partial charge in [0.1, 0.15) is 18.1 Å². The topological polar surface area (TPSA) is 156 Å². The zero-order chi connectivity index (χ0) is 23.5. The van der Waals surface area contributed by atoms with Crippen molar-refractivity contribution in [3.05, 3.63) is 47.2 Å². The molecule has 172 valence electrons. The minimum absolute atomic E-state index is 0.132. The summed E-state index contributed by atoms with van der Waals surface area (Å²) in [6, 6.07) is 4.33. The molecular weight excluding hydrogens is 442 g/mol. The third-order valence-corrected chi connectivity index (χ3v) is 5.61. The summed E-state index contributed by atoms with van der Waals surface area (Å²) >= 11 is 0. The lowest BCUT2D eigenvalue weighted by Crippen LogP contribution is -2.32. The van der Waals surface area contributed by atoms with Gasteiger partial charge in [0.2, 0.25) is 21.8 Å². The number of carboxylic acid groups (broad SMARTS) is 1. The van der Waals surface area contributed by atoms with Crippen molar-refractivity contribution in [2.75, 3.05) is 19.9 Å². The number of ether oxygens (including phenoxy) is 1. The van der Waals surface area contributed by atoms with Gasteiger partial charge in [0.05, 0.1) is 13.4 Å². The minimum Gasteiger partial charge on any atom is -0.497 e. The Kier molecular flexibility index (Phi) is 6.82. The smallest absolute Gasteiger partial charge is 0.357 e. The van der Waals surface area contributed by atoms with Crippen molar-refractivity contribution >= 4 is 27.8 Å². The van der Waals surface area contributed by atoms with Crippen molar-refractivity contribution in [3.63, 3.8) is 0 Å². The van der Waals surface area contributed by atoms with E-state index >= 15 is 0 Å². The molecule has 1 unspecified atom stereocenters. The van der Waals surface area contributed by atoms with E-state index in [1.54, 1.807) is 23.1 Å². The summed E-state index contributed by atoms with van der Waals surface area (Å²) in [6.07, 6.45) is 3.16. The van der Waals surface area contributed by atoms with Gasteiger partial charge in [-0.2, -0.15) is 0 Å². The zero-order valence-electron chi connectivity index (χ0n) is 17.5. The van der Waals surface area contributed by atoms with Crippen LogP contribution in [0.2, 0.25) is 0 Å². The standard InChI is InChI=1S/C20H23N3O8S/c1-30-13-7-5-12(6-8-17(24)22-32(2,28)29)14(10-13)19(25)23-9-3-4-16(23)18-21-15(11-31-18)20(26)27/h5,7,10-11,16H,3-4,6,8-9H2,1-2H3,(H,22,24)(H,26,27). The fraction of sp³-hybridized carbons (Fsp3) is 0.400. The number of nitrogens with one attached hydrogen (secondary N) is 1. The third-order valence-electron chi connectivity index (χ3n) is 5.01. The summed E-state index contributed by atoms with van der Waals surface area (Å²) in [7, 11) is -2.21. The van der Waals surface area contributed by atoms with Crippen LogP contribution in [-0.4, -0.2) is 61.1 Å². The average molecular weight is 465 g/mol. The third kappa shape index (κ3) is 5.44. The molecule has 3 rings (SSSR count). The Labute approximate surface area is 184 Å².